The second-order valence-electron chi connectivity index (χ2n) is 4.18. The van der Waals surface area contributed by atoms with Crippen LogP contribution in [0.1, 0.15) is 12.5 Å². The fourth-order valence-corrected chi connectivity index (χ4v) is 1.94. The molecule has 0 unspecified atom stereocenters. The molecule has 0 spiro atoms. The van der Waals surface area contributed by atoms with Gasteiger partial charge in [0.25, 0.3) is 5.69 Å². The lowest BCUT2D eigenvalue weighted by atomic mass is 10.1. The van der Waals surface area contributed by atoms with Crippen LogP contribution in [0.25, 0.3) is 0 Å². The largest absolute Gasteiger partial charge is 0.493 e. The van der Waals surface area contributed by atoms with Crippen LogP contribution in [0.5, 0.6) is 17.4 Å². The molecule has 0 atom stereocenters. The Bertz CT molecular complexity index is 676. The van der Waals surface area contributed by atoms with E-state index in [1.165, 1.54) is 13.2 Å². The van der Waals surface area contributed by atoms with E-state index in [0.29, 0.717) is 11.5 Å². The number of hydrogen-bond donors (Lipinski definition) is 0. The van der Waals surface area contributed by atoms with E-state index in [1.54, 1.807) is 6.07 Å². The van der Waals surface area contributed by atoms with Crippen LogP contribution in [-0.4, -0.2) is 17.0 Å². The molecule has 0 radical (unpaired) electrons. The van der Waals surface area contributed by atoms with Crippen LogP contribution in [-0.2, 0) is 6.42 Å². The van der Waals surface area contributed by atoms with Gasteiger partial charge in [-0.25, -0.2) is 4.98 Å². The van der Waals surface area contributed by atoms with E-state index < -0.39 is 4.92 Å². The van der Waals surface area contributed by atoms with Gasteiger partial charge in [-0.3, -0.25) is 10.1 Å². The number of pyridine rings is 1. The van der Waals surface area contributed by atoms with Crippen LogP contribution >= 0.6 is 11.6 Å². The zero-order valence-corrected chi connectivity index (χ0v) is 12.3. The summed E-state index contributed by atoms with van der Waals surface area (Å²) in [7, 11) is 1.52. The Kier molecular flexibility index (Phi) is 4.59. The average molecular weight is 309 g/mol. The summed E-state index contributed by atoms with van der Waals surface area (Å²) >= 11 is 5.75. The third-order valence-electron chi connectivity index (χ3n) is 2.82. The average Bonchev–Trinajstić information content (AvgIpc) is 2.47. The van der Waals surface area contributed by atoms with Gasteiger partial charge in [0.1, 0.15) is 5.15 Å². The minimum atomic E-state index is -0.558. The van der Waals surface area contributed by atoms with Crippen LogP contribution < -0.4 is 9.47 Å². The zero-order chi connectivity index (χ0) is 15.4. The normalized spacial score (nSPS) is 10.2. The zero-order valence-electron chi connectivity index (χ0n) is 11.5. The Labute approximate surface area is 126 Å². The minimum Gasteiger partial charge on any atom is -0.493 e. The maximum Gasteiger partial charge on any atom is 0.277 e. The van der Waals surface area contributed by atoms with Crippen molar-refractivity contribution in [2.75, 3.05) is 7.11 Å². The first-order valence-electron chi connectivity index (χ1n) is 6.20. The number of aromatic nitrogens is 1. The van der Waals surface area contributed by atoms with Gasteiger partial charge in [0.2, 0.25) is 5.88 Å². The highest BCUT2D eigenvalue weighted by molar-refractivity contribution is 6.29. The summed E-state index contributed by atoms with van der Waals surface area (Å²) in [5, 5.41) is 10.8. The fourth-order valence-electron chi connectivity index (χ4n) is 1.75. The first-order valence-corrected chi connectivity index (χ1v) is 6.58. The van der Waals surface area contributed by atoms with Crippen LogP contribution in [0.2, 0.25) is 5.15 Å². The Morgan fingerprint density at radius 3 is 2.67 bits per heavy atom. The molecule has 0 N–H and O–H groups in total. The number of benzene rings is 1. The molecule has 0 aliphatic rings. The molecule has 0 bridgehead atoms. The lowest BCUT2D eigenvalue weighted by molar-refractivity contribution is -0.385. The van der Waals surface area contributed by atoms with Gasteiger partial charge in [0, 0.05) is 0 Å². The first kappa shape index (κ1) is 15.1. The van der Waals surface area contributed by atoms with Crippen LogP contribution in [0.4, 0.5) is 5.69 Å². The van der Waals surface area contributed by atoms with Gasteiger partial charge in [-0.05, 0) is 24.1 Å². The topological polar surface area (TPSA) is 74.5 Å². The highest BCUT2D eigenvalue weighted by atomic mass is 35.5. The van der Waals surface area contributed by atoms with E-state index >= 15 is 0 Å². The van der Waals surface area contributed by atoms with E-state index in [9.17, 15) is 10.1 Å². The molecule has 110 valence electrons. The van der Waals surface area contributed by atoms with Gasteiger partial charge >= 0.3 is 0 Å². The molecular formula is C14H13ClN2O4. The van der Waals surface area contributed by atoms with Crippen molar-refractivity contribution in [1.29, 1.82) is 0 Å². The molecule has 1 aromatic carbocycles. The Hall–Kier alpha value is -2.34. The molecule has 0 aliphatic carbocycles. The van der Waals surface area contributed by atoms with Gasteiger partial charge in [0.05, 0.1) is 24.2 Å². The highest BCUT2D eigenvalue weighted by Gasteiger charge is 2.13. The van der Waals surface area contributed by atoms with E-state index in [2.05, 4.69) is 4.98 Å². The van der Waals surface area contributed by atoms with Crippen molar-refractivity contribution in [3.63, 3.8) is 0 Å². The summed E-state index contributed by atoms with van der Waals surface area (Å²) < 4.78 is 10.8. The van der Waals surface area contributed by atoms with Gasteiger partial charge < -0.3 is 9.47 Å². The fraction of sp³-hybridized carbons (Fsp3) is 0.214. The number of aryl methyl sites for hydroxylation is 1. The quantitative estimate of drug-likeness (QED) is 0.474. The molecule has 2 aromatic rings. The molecule has 0 aliphatic heterocycles. The van der Waals surface area contributed by atoms with E-state index in [1.807, 2.05) is 19.1 Å². The standard InChI is InChI=1S/C14H13ClN2O4/c1-3-9-4-5-11(12(6-9)20-2)21-14-8-10(17(18)19)7-13(15)16-14/h4-8H,3H2,1-2H3. The summed E-state index contributed by atoms with van der Waals surface area (Å²) in [5.41, 5.74) is 0.901. The van der Waals surface area contributed by atoms with E-state index in [-0.39, 0.29) is 16.7 Å². The molecule has 1 heterocycles. The second kappa shape index (κ2) is 6.41. The van der Waals surface area contributed by atoms with Crippen molar-refractivity contribution >= 4 is 17.3 Å². The van der Waals surface area contributed by atoms with Crippen LogP contribution in [0.15, 0.2) is 30.3 Å². The van der Waals surface area contributed by atoms with E-state index in [0.717, 1.165) is 18.1 Å². The molecule has 21 heavy (non-hydrogen) atoms. The van der Waals surface area contributed by atoms with Crippen molar-refractivity contribution in [3.8, 4) is 17.4 Å². The molecule has 2 rings (SSSR count). The Morgan fingerprint density at radius 2 is 2.05 bits per heavy atom. The number of rotatable bonds is 5. The number of nitro groups is 1. The highest BCUT2D eigenvalue weighted by Crippen LogP contribution is 2.33. The number of halogens is 1. The Balaban J connectivity index is 2.35. The lowest BCUT2D eigenvalue weighted by Crippen LogP contribution is -1.95. The molecule has 0 saturated heterocycles. The van der Waals surface area contributed by atoms with Crippen molar-refractivity contribution in [3.05, 3.63) is 51.2 Å². The number of hydrogen-bond acceptors (Lipinski definition) is 5. The van der Waals surface area contributed by atoms with Gasteiger partial charge in [-0.1, -0.05) is 24.6 Å². The van der Waals surface area contributed by atoms with Crippen molar-refractivity contribution in [2.45, 2.75) is 13.3 Å². The first-order chi connectivity index (χ1) is 10.0. The molecule has 6 nitrogen and oxygen atoms in total. The Morgan fingerprint density at radius 1 is 1.29 bits per heavy atom. The van der Waals surface area contributed by atoms with Gasteiger partial charge in [-0.15, -0.1) is 0 Å². The summed E-state index contributed by atoms with van der Waals surface area (Å²) in [6.45, 7) is 2.02. The molecule has 0 saturated carbocycles. The third kappa shape index (κ3) is 3.61. The van der Waals surface area contributed by atoms with Crippen LogP contribution in [0.3, 0.4) is 0 Å². The van der Waals surface area contributed by atoms with Gasteiger partial charge in [0.15, 0.2) is 11.5 Å². The number of methoxy groups -OCH3 is 1. The maximum atomic E-state index is 10.8. The summed E-state index contributed by atoms with van der Waals surface area (Å²) in [6, 6.07) is 7.82. The van der Waals surface area contributed by atoms with Crippen molar-refractivity contribution < 1.29 is 14.4 Å². The summed E-state index contributed by atoms with van der Waals surface area (Å²) in [4.78, 5) is 14.2. The summed E-state index contributed by atoms with van der Waals surface area (Å²) in [5.74, 6) is 0.981. The smallest absolute Gasteiger partial charge is 0.277 e. The molecular weight excluding hydrogens is 296 g/mol. The third-order valence-corrected chi connectivity index (χ3v) is 3.01. The molecule has 0 fully saturated rings. The maximum absolute atomic E-state index is 10.8. The number of ether oxygens (including phenoxy) is 2. The molecule has 1 aromatic heterocycles. The molecule has 7 heteroatoms. The van der Waals surface area contributed by atoms with Crippen LogP contribution in [0, 0.1) is 10.1 Å². The summed E-state index contributed by atoms with van der Waals surface area (Å²) in [6.07, 6.45) is 0.859. The minimum absolute atomic E-state index is 0.0108. The van der Waals surface area contributed by atoms with Crippen molar-refractivity contribution in [1.82, 2.24) is 4.98 Å². The molecule has 0 amide bonds. The van der Waals surface area contributed by atoms with E-state index in [4.69, 9.17) is 21.1 Å². The lowest BCUT2D eigenvalue weighted by Gasteiger charge is -2.11. The predicted molar refractivity (Wildman–Crippen MR) is 78.3 cm³/mol. The SMILES string of the molecule is CCc1ccc(Oc2cc([N+](=O)[O-])cc(Cl)n2)c(OC)c1. The van der Waals surface area contributed by atoms with Crippen molar-refractivity contribution in [2.24, 2.45) is 0 Å². The number of nitrogens with zero attached hydrogens (tertiary/aromatic N) is 2. The predicted octanol–water partition coefficient (Wildman–Crippen LogP) is 4.01. The monoisotopic (exact) mass is 308 g/mol. The van der Waals surface area contributed by atoms with Gasteiger partial charge in [-0.2, -0.15) is 0 Å². The second-order valence-corrected chi connectivity index (χ2v) is 4.57.